The molecule has 1 saturated heterocycles. The average Bonchev–Trinajstić information content (AvgIpc) is 2.95. The number of nitrogens with one attached hydrogen (secondary N) is 2. The molecule has 1 aliphatic rings. The Morgan fingerprint density at radius 3 is 3.00 bits per heavy atom. The van der Waals surface area contributed by atoms with Gasteiger partial charge in [0.25, 0.3) is 0 Å². The molecular formula is C12H17N5O2S. The fourth-order valence-corrected chi connectivity index (χ4v) is 3.49. The molecule has 0 amide bonds. The Labute approximate surface area is 117 Å². The summed E-state index contributed by atoms with van der Waals surface area (Å²) in [5, 5.41) is 1.01. The number of rotatable bonds is 3. The highest BCUT2D eigenvalue weighted by molar-refractivity contribution is 7.88. The highest BCUT2D eigenvalue weighted by Gasteiger charge is 2.27. The lowest BCUT2D eigenvalue weighted by molar-refractivity contribution is 0.567. The molecule has 1 atom stereocenters. The quantitative estimate of drug-likeness (QED) is 0.855. The van der Waals surface area contributed by atoms with E-state index in [4.69, 9.17) is 0 Å². The summed E-state index contributed by atoms with van der Waals surface area (Å²) >= 11 is 0. The standard InChI is InChI=1S/C12H17N5O2S/c1-8-5-13-11-10(8)12(15-7-14-11)17-4-3-9(6-17)16-20(2,18)19/h5,7,9,16H,3-4,6H2,1-2H3,(H,13,14,15)/t9-/m1/s1. The molecule has 0 spiro atoms. The predicted octanol–water partition coefficient (Wildman–Crippen LogP) is 0.394. The number of anilines is 1. The summed E-state index contributed by atoms with van der Waals surface area (Å²) in [6.45, 7) is 3.42. The number of sulfonamides is 1. The molecule has 0 aliphatic carbocycles. The second kappa shape index (κ2) is 4.71. The van der Waals surface area contributed by atoms with E-state index in [1.54, 1.807) is 0 Å². The van der Waals surface area contributed by atoms with Crippen molar-refractivity contribution in [3.8, 4) is 0 Å². The number of aryl methyl sites for hydroxylation is 1. The minimum absolute atomic E-state index is 0.0609. The molecule has 8 heteroatoms. The van der Waals surface area contributed by atoms with Gasteiger partial charge in [-0.15, -0.1) is 0 Å². The van der Waals surface area contributed by atoms with Gasteiger partial charge in [-0.2, -0.15) is 0 Å². The second-order valence-corrected chi connectivity index (χ2v) is 6.99. The van der Waals surface area contributed by atoms with Crippen LogP contribution in [0.4, 0.5) is 5.82 Å². The highest BCUT2D eigenvalue weighted by atomic mass is 32.2. The summed E-state index contributed by atoms with van der Waals surface area (Å²) in [5.41, 5.74) is 1.90. The van der Waals surface area contributed by atoms with Gasteiger partial charge in [0.15, 0.2) is 0 Å². The zero-order valence-electron chi connectivity index (χ0n) is 11.4. The molecule has 2 aromatic heterocycles. The van der Waals surface area contributed by atoms with Gasteiger partial charge in [0.05, 0.1) is 11.6 Å². The Bertz CT molecular complexity index is 739. The zero-order chi connectivity index (χ0) is 14.3. The average molecular weight is 295 g/mol. The van der Waals surface area contributed by atoms with E-state index in [0.29, 0.717) is 6.54 Å². The smallest absolute Gasteiger partial charge is 0.209 e. The van der Waals surface area contributed by atoms with Crippen molar-refractivity contribution < 1.29 is 8.42 Å². The lowest BCUT2D eigenvalue weighted by Crippen LogP contribution is -2.36. The van der Waals surface area contributed by atoms with E-state index in [-0.39, 0.29) is 6.04 Å². The minimum atomic E-state index is -3.17. The van der Waals surface area contributed by atoms with Gasteiger partial charge in [0.1, 0.15) is 17.8 Å². The predicted molar refractivity (Wildman–Crippen MR) is 77.2 cm³/mol. The molecule has 1 fully saturated rings. The number of nitrogens with zero attached hydrogens (tertiary/aromatic N) is 3. The third kappa shape index (κ3) is 2.48. The van der Waals surface area contributed by atoms with Gasteiger partial charge in [0, 0.05) is 25.3 Å². The molecule has 0 bridgehead atoms. The fraction of sp³-hybridized carbons (Fsp3) is 0.500. The molecule has 2 aromatic rings. The van der Waals surface area contributed by atoms with Gasteiger partial charge in [-0.25, -0.2) is 23.1 Å². The van der Waals surface area contributed by atoms with E-state index in [1.165, 1.54) is 12.6 Å². The maximum Gasteiger partial charge on any atom is 0.209 e. The Hall–Kier alpha value is -1.67. The molecule has 2 N–H and O–H groups in total. The Morgan fingerprint density at radius 2 is 2.25 bits per heavy atom. The van der Waals surface area contributed by atoms with E-state index < -0.39 is 10.0 Å². The maximum absolute atomic E-state index is 11.3. The van der Waals surface area contributed by atoms with Crippen LogP contribution >= 0.6 is 0 Å². The molecule has 0 unspecified atom stereocenters. The van der Waals surface area contributed by atoms with Crippen LogP contribution in [0.2, 0.25) is 0 Å². The van der Waals surface area contributed by atoms with Gasteiger partial charge in [-0.1, -0.05) is 0 Å². The van der Waals surface area contributed by atoms with Crippen LogP contribution in [0, 0.1) is 6.92 Å². The summed E-state index contributed by atoms with van der Waals surface area (Å²) in [5.74, 6) is 0.867. The van der Waals surface area contributed by atoms with E-state index in [9.17, 15) is 8.42 Å². The van der Waals surface area contributed by atoms with E-state index in [1.807, 2.05) is 13.1 Å². The Morgan fingerprint density at radius 1 is 1.45 bits per heavy atom. The first-order valence-electron chi connectivity index (χ1n) is 6.45. The van der Waals surface area contributed by atoms with Gasteiger partial charge in [0.2, 0.25) is 10.0 Å². The van der Waals surface area contributed by atoms with Crippen molar-refractivity contribution in [3.63, 3.8) is 0 Å². The van der Waals surface area contributed by atoms with Crippen molar-refractivity contribution in [2.24, 2.45) is 0 Å². The number of aromatic nitrogens is 3. The van der Waals surface area contributed by atoms with Crippen molar-refractivity contribution in [1.29, 1.82) is 0 Å². The molecule has 1 aliphatic heterocycles. The van der Waals surface area contributed by atoms with Gasteiger partial charge < -0.3 is 9.88 Å². The third-order valence-corrected chi connectivity index (χ3v) is 4.28. The molecule has 0 aromatic carbocycles. The van der Waals surface area contributed by atoms with Crippen LogP contribution < -0.4 is 9.62 Å². The number of hydrogen-bond donors (Lipinski definition) is 2. The molecule has 108 valence electrons. The molecule has 20 heavy (non-hydrogen) atoms. The molecular weight excluding hydrogens is 278 g/mol. The lowest BCUT2D eigenvalue weighted by Gasteiger charge is -2.18. The van der Waals surface area contributed by atoms with Crippen LogP contribution in [0.1, 0.15) is 12.0 Å². The number of fused-ring (bicyclic) bond motifs is 1. The molecule has 7 nitrogen and oxygen atoms in total. The summed E-state index contributed by atoms with van der Waals surface area (Å²) in [7, 11) is -3.17. The maximum atomic E-state index is 11.3. The summed E-state index contributed by atoms with van der Waals surface area (Å²) in [4.78, 5) is 13.8. The Balaban J connectivity index is 1.88. The number of hydrogen-bond acceptors (Lipinski definition) is 5. The first-order valence-corrected chi connectivity index (χ1v) is 8.34. The van der Waals surface area contributed by atoms with Crippen molar-refractivity contribution in [2.75, 3.05) is 24.2 Å². The van der Waals surface area contributed by atoms with Crippen LogP contribution in [-0.2, 0) is 10.0 Å². The van der Waals surface area contributed by atoms with E-state index >= 15 is 0 Å². The first kappa shape index (κ1) is 13.3. The van der Waals surface area contributed by atoms with Crippen LogP contribution in [0.15, 0.2) is 12.5 Å². The number of H-pyrrole nitrogens is 1. The van der Waals surface area contributed by atoms with Gasteiger partial charge >= 0.3 is 0 Å². The largest absolute Gasteiger partial charge is 0.354 e. The molecule has 3 rings (SSSR count). The molecule has 3 heterocycles. The topological polar surface area (TPSA) is 91.0 Å². The van der Waals surface area contributed by atoms with Crippen molar-refractivity contribution in [1.82, 2.24) is 19.7 Å². The highest BCUT2D eigenvalue weighted by Crippen LogP contribution is 2.28. The minimum Gasteiger partial charge on any atom is -0.354 e. The zero-order valence-corrected chi connectivity index (χ0v) is 12.2. The van der Waals surface area contributed by atoms with E-state index in [0.717, 1.165) is 35.4 Å². The van der Waals surface area contributed by atoms with Gasteiger partial charge in [-0.3, -0.25) is 0 Å². The fourth-order valence-electron chi connectivity index (χ4n) is 2.69. The van der Waals surface area contributed by atoms with E-state index in [2.05, 4.69) is 24.6 Å². The van der Waals surface area contributed by atoms with Crippen molar-refractivity contribution in [3.05, 3.63) is 18.1 Å². The van der Waals surface area contributed by atoms with Crippen LogP contribution in [0.3, 0.4) is 0 Å². The third-order valence-electron chi connectivity index (χ3n) is 3.52. The molecule has 0 radical (unpaired) electrons. The van der Waals surface area contributed by atoms with Crippen LogP contribution in [0.5, 0.6) is 0 Å². The summed E-state index contributed by atoms with van der Waals surface area (Å²) in [6.07, 6.45) is 5.41. The normalized spacial score (nSPS) is 19.9. The summed E-state index contributed by atoms with van der Waals surface area (Å²) < 4.78 is 25.2. The SMILES string of the molecule is Cc1c[nH]c2ncnc(N3CC[C@@H](NS(C)(=O)=O)C3)c12. The molecule has 0 saturated carbocycles. The Kier molecular flexibility index (Phi) is 3.14. The van der Waals surface area contributed by atoms with Crippen LogP contribution in [0.25, 0.3) is 11.0 Å². The summed E-state index contributed by atoms with van der Waals surface area (Å²) in [6, 6.07) is -0.0609. The monoisotopic (exact) mass is 295 g/mol. The lowest BCUT2D eigenvalue weighted by atomic mass is 10.2. The second-order valence-electron chi connectivity index (χ2n) is 5.21. The van der Waals surface area contributed by atoms with Crippen LogP contribution in [-0.4, -0.2) is 48.8 Å². The number of aromatic amines is 1. The first-order chi connectivity index (χ1) is 9.44. The van der Waals surface area contributed by atoms with Gasteiger partial charge in [-0.05, 0) is 18.9 Å². The van der Waals surface area contributed by atoms with Crippen molar-refractivity contribution >= 4 is 26.9 Å². The van der Waals surface area contributed by atoms with Crippen molar-refractivity contribution in [2.45, 2.75) is 19.4 Å².